The monoisotopic (exact) mass is 317 g/mol. The number of anilines is 1. The van der Waals surface area contributed by atoms with E-state index in [1.54, 1.807) is 0 Å². The summed E-state index contributed by atoms with van der Waals surface area (Å²) in [7, 11) is 0. The molecule has 0 saturated heterocycles. The van der Waals surface area contributed by atoms with Gasteiger partial charge < -0.3 is 5.32 Å². The summed E-state index contributed by atoms with van der Waals surface area (Å²) in [5, 5.41) is 2.91. The van der Waals surface area contributed by atoms with Crippen molar-refractivity contribution in [2.45, 2.75) is 27.7 Å². The molecule has 0 fully saturated rings. The topological polar surface area (TPSA) is 29.1 Å². The molecule has 82 valence electrons. The highest BCUT2D eigenvalue weighted by atomic mass is 127. The molecular formula is C12H16INO. The Morgan fingerprint density at radius 1 is 1.33 bits per heavy atom. The summed E-state index contributed by atoms with van der Waals surface area (Å²) in [5.74, 6) is 0.0437. The highest BCUT2D eigenvalue weighted by Crippen LogP contribution is 2.20. The largest absolute Gasteiger partial charge is 0.326 e. The Morgan fingerprint density at radius 3 is 2.40 bits per heavy atom. The van der Waals surface area contributed by atoms with Gasteiger partial charge in [-0.3, -0.25) is 4.79 Å². The Bertz CT molecular complexity index is 380. The van der Waals surface area contributed by atoms with E-state index in [0.29, 0.717) is 0 Å². The van der Waals surface area contributed by atoms with Crippen molar-refractivity contribution in [3.63, 3.8) is 0 Å². The average molecular weight is 317 g/mol. The average Bonchev–Trinajstić information content (AvgIpc) is 2.10. The van der Waals surface area contributed by atoms with Crippen molar-refractivity contribution >= 4 is 34.2 Å². The molecule has 1 N–H and O–H groups in total. The van der Waals surface area contributed by atoms with Crippen LogP contribution in [0.3, 0.4) is 0 Å². The molecule has 1 amide bonds. The van der Waals surface area contributed by atoms with Crippen LogP contribution in [0.5, 0.6) is 0 Å². The van der Waals surface area contributed by atoms with E-state index in [1.165, 1.54) is 9.13 Å². The third kappa shape index (κ3) is 3.48. The van der Waals surface area contributed by atoms with Crippen LogP contribution in [0, 0.1) is 15.9 Å². The predicted molar refractivity (Wildman–Crippen MR) is 72.0 cm³/mol. The molecule has 0 aliphatic heterocycles. The van der Waals surface area contributed by atoms with Gasteiger partial charge in [0.2, 0.25) is 5.91 Å². The highest BCUT2D eigenvalue weighted by molar-refractivity contribution is 14.1. The summed E-state index contributed by atoms with van der Waals surface area (Å²) >= 11 is 2.27. The van der Waals surface area contributed by atoms with Crippen LogP contribution in [0.1, 0.15) is 26.3 Å². The number of amides is 1. The number of benzene rings is 1. The SMILES string of the molecule is Cc1ccc(NC(=O)C(C)(C)C)cc1I. The highest BCUT2D eigenvalue weighted by Gasteiger charge is 2.21. The molecule has 0 spiro atoms. The summed E-state index contributed by atoms with van der Waals surface area (Å²) in [4.78, 5) is 11.7. The molecular weight excluding hydrogens is 301 g/mol. The van der Waals surface area contributed by atoms with Gasteiger partial charge in [0.05, 0.1) is 0 Å². The number of carbonyl (C=O) groups is 1. The van der Waals surface area contributed by atoms with Crippen LogP contribution in [0.4, 0.5) is 5.69 Å². The van der Waals surface area contributed by atoms with Crippen molar-refractivity contribution in [3.05, 3.63) is 27.3 Å². The molecule has 1 aromatic carbocycles. The lowest BCUT2D eigenvalue weighted by Gasteiger charge is -2.17. The fourth-order valence-corrected chi connectivity index (χ4v) is 1.50. The number of rotatable bonds is 1. The van der Waals surface area contributed by atoms with Crippen molar-refractivity contribution in [2.24, 2.45) is 5.41 Å². The summed E-state index contributed by atoms with van der Waals surface area (Å²) in [6.07, 6.45) is 0. The lowest BCUT2D eigenvalue weighted by Crippen LogP contribution is -2.27. The zero-order chi connectivity index (χ0) is 11.6. The number of aryl methyl sites for hydroxylation is 1. The molecule has 0 unspecified atom stereocenters. The van der Waals surface area contributed by atoms with Crippen LogP contribution < -0.4 is 5.32 Å². The third-order valence-corrected chi connectivity index (χ3v) is 3.27. The van der Waals surface area contributed by atoms with Crippen LogP contribution in [-0.2, 0) is 4.79 Å². The van der Waals surface area contributed by atoms with Gasteiger partial charge in [-0.05, 0) is 47.2 Å². The standard InChI is InChI=1S/C12H16INO/c1-8-5-6-9(7-10(8)13)14-11(15)12(2,3)4/h5-7H,1-4H3,(H,14,15). The van der Waals surface area contributed by atoms with Gasteiger partial charge in [-0.2, -0.15) is 0 Å². The Kier molecular flexibility index (Phi) is 3.76. The quantitative estimate of drug-likeness (QED) is 0.788. The van der Waals surface area contributed by atoms with Gasteiger partial charge in [-0.15, -0.1) is 0 Å². The van der Waals surface area contributed by atoms with Crippen molar-refractivity contribution in [1.29, 1.82) is 0 Å². The van der Waals surface area contributed by atoms with E-state index >= 15 is 0 Å². The minimum absolute atomic E-state index is 0.0437. The molecule has 1 rings (SSSR count). The van der Waals surface area contributed by atoms with Crippen LogP contribution >= 0.6 is 22.6 Å². The summed E-state index contributed by atoms with van der Waals surface area (Å²) < 4.78 is 1.17. The van der Waals surface area contributed by atoms with E-state index in [-0.39, 0.29) is 11.3 Å². The summed E-state index contributed by atoms with van der Waals surface area (Å²) in [5.41, 5.74) is 1.74. The molecule has 1 aromatic rings. The van der Waals surface area contributed by atoms with Gasteiger partial charge in [0.1, 0.15) is 0 Å². The second kappa shape index (κ2) is 4.51. The third-order valence-electron chi connectivity index (χ3n) is 2.11. The van der Waals surface area contributed by atoms with E-state index in [9.17, 15) is 4.79 Å². The lowest BCUT2D eigenvalue weighted by molar-refractivity contribution is -0.123. The molecule has 0 heterocycles. The second-order valence-corrected chi connectivity index (χ2v) is 5.83. The molecule has 0 aliphatic carbocycles. The predicted octanol–water partition coefficient (Wildman–Crippen LogP) is 3.58. The Balaban J connectivity index is 2.83. The summed E-state index contributed by atoms with van der Waals surface area (Å²) in [6.45, 7) is 7.77. The van der Waals surface area contributed by atoms with E-state index in [0.717, 1.165) is 5.69 Å². The molecule has 0 atom stereocenters. The molecule has 0 aliphatic rings. The number of hydrogen-bond acceptors (Lipinski definition) is 1. The fraction of sp³-hybridized carbons (Fsp3) is 0.417. The van der Waals surface area contributed by atoms with Crippen LogP contribution in [0.15, 0.2) is 18.2 Å². The number of nitrogens with one attached hydrogen (secondary N) is 1. The maximum Gasteiger partial charge on any atom is 0.229 e. The molecule has 3 heteroatoms. The minimum atomic E-state index is -0.351. The number of carbonyl (C=O) groups excluding carboxylic acids is 1. The summed E-state index contributed by atoms with van der Waals surface area (Å²) in [6, 6.07) is 5.93. The van der Waals surface area contributed by atoms with E-state index < -0.39 is 0 Å². The Morgan fingerprint density at radius 2 is 1.93 bits per heavy atom. The molecule has 15 heavy (non-hydrogen) atoms. The normalized spacial score (nSPS) is 11.3. The van der Waals surface area contributed by atoms with E-state index in [1.807, 2.05) is 39.0 Å². The maximum absolute atomic E-state index is 11.7. The molecule has 0 saturated carbocycles. The van der Waals surface area contributed by atoms with Crippen molar-refractivity contribution in [1.82, 2.24) is 0 Å². The first-order valence-electron chi connectivity index (χ1n) is 4.88. The molecule has 2 nitrogen and oxygen atoms in total. The maximum atomic E-state index is 11.7. The van der Waals surface area contributed by atoms with Crippen LogP contribution in [-0.4, -0.2) is 5.91 Å². The molecule has 0 radical (unpaired) electrons. The number of hydrogen-bond donors (Lipinski definition) is 1. The van der Waals surface area contributed by atoms with Gasteiger partial charge in [-0.25, -0.2) is 0 Å². The van der Waals surface area contributed by atoms with Gasteiger partial charge >= 0.3 is 0 Å². The van der Waals surface area contributed by atoms with Gasteiger partial charge in [0.15, 0.2) is 0 Å². The molecule has 0 bridgehead atoms. The van der Waals surface area contributed by atoms with Crippen molar-refractivity contribution in [3.8, 4) is 0 Å². The Hall–Kier alpha value is -0.580. The van der Waals surface area contributed by atoms with E-state index in [2.05, 4.69) is 34.8 Å². The van der Waals surface area contributed by atoms with Crippen LogP contribution in [0.2, 0.25) is 0 Å². The van der Waals surface area contributed by atoms with Gasteiger partial charge in [0.25, 0.3) is 0 Å². The van der Waals surface area contributed by atoms with Crippen molar-refractivity contribution < 1.29 is 4.79 Å². The fourth-order valence-electron chi connectivity index (χ4n) is 0.989. The van der Waals surface area contributed by atoms with Gasteiger partial charge in [-0.1, -0.05) is 26.8 Å². The smallest absolute Gasteiger partial charge is 0.229 e. The van der Waals surface area contributed by atoms with E-state index in [4.69, 9.17) is 0 Å². The zero-order valence-electron chi connectivity index (χ0n) is 9.52. The number of halogens is 1. The lowest BCUT2D eigenvalue weighted by atomic mass is 9.95. The molecule has 0 aromatic heterocycles. The zero-order valence-corrected chi connectivity index (χ0v) is 11.7. The first kappa shape index (κ1) is 12.5. The second-order valence-electron chi connectivity index (χ2n) is 4.67. The van der Waals surface area contributed by atoms with Gasteiger partial charge in [0, 0.05) is 14.7 Å². The minimum Gasteiger partial charge on any atom is -0.326 e. The Labute approximate surface area is 105 Å². The first-order chi connectivity index (χ1) is 6.80. The first-order valence-corrected chi connectivity index (χ1v) is 5.96. The van der Waals surface area contributed by atoms with Crippen LogP contribution in [0.25, 0.3) is 0 Å². The van der Waals surface area contributed by atoms with Crippen molar-refractivity contribution in [2.75, 3.05) is 5.32 Å².